The molecule has 0 amide bonds. The molecule has 0 heterocycles. The van der Waals surface area contributed by atoms with Gasteiger partial charge in [-0.25, -0.2) is 18.9 Å². The molecule has 0 saturated carbocycles. The van der Waals surface area contributed by atoms with E-state index in [4.69, 9.17) is 27.8 Å². The molecule has 0 aromatic rings. The summed E-state index contributed by atoms with van der Waals surface area (Å²) in [6.07, 6.45) is 9.35. The molecule has 0 spiro atoms. The lowest BCUT2D eigenvalue weighted by Crippen LogP contribution is -2.10. The van der Waals surface area contributed by atoms with E-state index in [9.17, 15) is 18.9 Å². The maximum Gasteiger partial charge on any atom is 0.474 e. The summed E-state index contributed by atoms with van der Waals surface area (Å²) in [6.45, 7) is 5.20. The number of rotatable bonds is 18. The van der Waals surface area contributed by atoms with Crippen molar-refractivity contribution >= 4 is 25.7 Å². The Hall–Kier alpha value is -2.26. The van der Waals surface area contributed by atoms with E-state index in [-0.39, 0.29) is 58.9 Å². The molecule has 0 rings (SSSR count). The van der Waals surface area contributed by atoms with Crippen LogP contribution in [-0.2, 0) is 46.7 Å². The Bertz CT molecular complexity index is 594. The monoisotopic (exact) mass is 476 g/mol. The molecule has 10 nitrogen and oxygen atoms in total. The van der Waals surface area contributed by atoms with Crippen LogP contribution in [0.2, 0.25) is 0 Å². The number of carbonyl (C=O) groups is 3. The molecule has 0 atom stereocenters. The highest BCUT2D eigenvalue weighted by molar-refractivity contribution is 7.48. The molecule has 0 fully saturated rings. The minimum absolute atomic E-state index is 0.0348. The van der Waals surface area contributed by atoms with Gasteiger partial charge in [-0.05, 0) is 20.8 Å². The van der Waals surface area contributed by atoms with Crippen molar-refractivity contribution in [2.75, 3.05) is 39.6 Å². The predicted octanol–water partition coefficient (Wildman–Crippen LogP) is 3.67. The first-order valence-corrected chi connectivity index (χ1v) is 11.7. The second-order valence-electron chi connectivity index (χ2n) is 6.01. The van der Waals surface area contributed by atoms with Gasteiger partial charge in [-0.2, -0.15) is 0 Å². The average Bonchev–Trinajstić information content (AvgIpc) is 2.73. The van der Waals surface area contributed by atoms with E-state index >= 15 is 0 Å². The van der Waals surface area contributed by atoms with Gasteiger partial charge in [0.15, 0.2) is 0 Å². The molecule has 182 valence electrons. The van der Waals surface area contributed by atoms with Crippen LogP contribution in [0.5, 0.6) is 0 Å². The lowest BCUT2D eigenvalue weighted by atomic mass is 10.5. The summed E-state index contributed by atoms with van der Waals surface area (Å²) in [7, 11) is -3.91. The normalized spacial score (nSPS) is 13.5. The average molecular weight is 476 g/mol. The Morgan fingerprint density at radius 1 is 0.562 bits per heavy atom. The summed E-state index contributed by atoms with van der Waals surface area (Å²) in [5.74, 6) is -1.45. The lowest BCUT2D eigenvalue weighted by molar-refractivity contribution is -0.138. The molecular weight excluding hydrogens is 443 g/mol. The Morgan fingerprint density at radius 3 is 1.09 bits per heavy atom. The zero-order valence-electron chi connectivity index (χ0n) is 18.9. The zero-order valence-corrected chi connectivity index (χ0v) is 19.8. The van der Waals surface area contributed by atoms with Crippen molar-refractivity contribution in [3.05, 3.63) is 36.5 Å². The van der Waals surface area contributed by atoms with E-state index in [1.54, 1.807) is 39.0 Å². The van der Waals surface area contributed by atoms with E-state index in [2.05, 4.69) is 0 Å². The summed E-state index contributed by atoms with van der Waals surface area (Å²) >= 11 is 0. The molecule has 0 aromatic heterocycles. The fraction of sp³-hybridized carbons (Fsp3) is 0.571. The minimum Gasteiger partial charge on any atom is -0.462 e. The quantitative estimate of drug-likeness (QED) is 0.0951. The summed E-state index contributed by atoms with van der Waals surface area (Å²) in [6, 6.07) is 0. The molecule has 0 aromatic carbocycles. The maximum atomic E-state index is 12.8. The number of ether oxygens (including phenoxy) is 3. The van der Waals surface area contributed by atoms with Gasteiger partial charge in [0.25, 0.3) is 0 Å². The minimum atomic E-state index is -3.91. The van der Waals surface area contributed by atoms with Gasteiger partial charge in [-0.3, -0.25) is 13.6 Å². The molecule has 0 bridgehead atoms. The SMILES string of the molecule is CC=CC(=O)OCCCOP(=O)(OCCCOC(=O)C=CC)OCCCOC(=O)C=CC. The van der Waals surface area contributed by atoms with E-state index < -0.39 is 25.7 Å². The molecule has 11 heteroatoms. The third kappa shape index (κ3) is 17.4. The Balaban J connectivity index is 4.42. The zero-order chi connectivity index (χ0) is 24.1. The van der Waals surface area contributed by atoms with E-state index in [0.29, 0.717) is 0 Å². The number of hydrogen-bond donors (Lipinski definition) is 0. The number of esters is 3. The first-order chi connectivity index (χ1) is 15.4. The van der Waals surface area contributed by atoms with Crippen molar-refractivity contribution < 1.29 is 46.7 Å². The molecule has 0 aliphatic rings. The standard InChI is InChI=1S/C21H33O10P/c1-4-10-19(22)26-13-7-16-29-32(25,30-17-8-14-27-20(23)11-5-2)31-18-9-15-28-21(24)12-6-3/h4-6,10-12H,7-9,13-18H2,1-3H3. The number of hydrogen-bond acceptors (Lipinski definition) is 10. The van der Waals surface area contributed by atoms with E-state index in [1.807, 2.05) is 0 Å². The van der Waals surface area contributed by atoms with Crippen LogP contribution in [0.4, 0.5) is 0 Å². The smallest absolute Gasteiger partial charge is 0.462 e. The van der Waals surface area contributed by atoms with Crippen molar-refractivity contribution in [3.8, 4) is 0 Å². The van der Waals surface area contributed by atoms with Crippen molar-refractivity contribution in [2.24, 2.45) is 0 Å². The molecule has 0 unspecified atom stereocenters. The van der Waals surface area contributed by atoms with Crippen LogP contribution in [0.25, 0.3) is 0 Å². The van der Waals surface area contributed by atoms with Gasteiger partial charge in [0.2, 0.25) is 0 Å². The summed E-state index contributed by atoms with van der Waals surface area (Å²) in [5.41, 5.74) is 0. The summed E-state index contributed by atoms with van der Waals surface area (Å²) in [5, 5.41) is 0. The Morgan fingerprint density at radius 2 is 0.844 bits per heavy atom. The summed E-state index contributed by atoms with van der Waals surface area (Å²) < 4.78 is 43.4. The highest BCUT2D eigenvalue weighted by atomic mass is 31.2. The molecule has 0 radical (unpaired) electrons. The third-order valence-electron chi connectivity index (χ3n) is 3.26. The molecular formula is C21H33O10P. The maximum absolute atomic E-state index is 12.8. The van der Waals surface area contributed by atoms with E-state index in [1.165, 1.54) is 18.2 Å². The second-order valence-corrected chi connectivity index (χ2v) is 7.68. The Kier molecular flexibility index (Phi) is 18.1. The second kappa shape index (κ2) is 19.4. The first-order valence-electron chi connectivity index (χ1n) is 10.3. The highest BCUT2D eigenvalue weighted by Gasteiger charge is 2.26. The van der Waals surface area contributed by atoms with Crippen LogP contribution in [0.3, 0.4) is 0 Å². The van der Waals surface area contributed by atoms with Gasteiger partial charge >= 0.3 is 25.7 Å². The molecule has 0 aliphatic heterocycles. The van der Waals surface area contributed by atoms with Gasteiger partial charge in [0.05, 0.1) is 39.6 Å². The van der Waals surface area contributed by atoms with Gasteiger partial charge in [-0.1, -0.05) is 18.2 Å². The van der Waals surface area contributed by atoms with Crippen LogP contribution in [0.1, 0.15) is 40.0 Å². The van der Waals surface area contributed by atoms with Crippen LogP contribution in [0, 0.1) is 0 Å². The van der Waals surface area contributed by atoms with Crippen LogP contribution >= 0.6 is 7.82 Å². The molecule has 32 heavy (non-hydrogen) atoms. The number of allylic oxidation sites excluding steroid dienone is 3. The molecule has 0 N–H and O–H groups in total. The third-order valence-corrected chi connectivity index (χ3v) is 4.75. The predicted molar refractivity (Wildman–Crippen MR) is 117 cm³/mol. The lowest BCUT2D eigenvalue weighted by Gasteiger charge is -2.18. The fourth-order valence-electron chi connectivity index (χ4n) is 1.89. The van der Waals surface area contributed by atoms with E-state index in [0.717, 1.165) is 0 Å². The number of carbonyl (C=O) groups excluding carboxylic acids is 3. The number of phosphoric ester groups is 1. The topological polar surface area (TPSA) is 124 Å². The van der Waals surface area contributed by atoms with Crippen molar-refractivity contribution in [3.63, 3.8) is 0 Å². The number of phosphoric acid groups is 1. The van der Waals surface area contributed by atoms with Crippen molar-refractivity contribution in [2.45, 2.75) is 40.0 Å². The largest absolute Gasteiger partial charge is 0.474 e. The van der Waals surface area contributed by atoms with Gasteiger partial charge < -0.3 is 14.2 Å². The molecule has 0 aliphatic carbocycles. The fourth-order valence-corrected chi connectivity index (χ4v) is 3.17. The van der Waals surface area contributed by atoms with Crippen molar-refractivity contribution in [1.29, 1.82) is 0 Å². The van der Waals surface area contributed by atoms with Crippen molar-refractivity contribution in [1.82, 2.24) is 0 Å². The van der Waals surface area contributed by atoms with Gasteiger partial charge in [-0.15, -0.1) is 0 Å². The van der Waals surface area contributed by atoms with Gasteiger partial charge in [0.1, 0.15) is 0 Å². The molecule has 0 saturated heterocycles. The Labute approximate surface area is 189 Å². The van der Waals surface area contributed by atoms with Crippen LogP contribution < -0.4 is 0 Å². The van der Waals surface area contributed by atoms with Crippen LogP contribution in [0.15, 0.2) is 36.5 Å². The van der Waals surface area contributed by atoms with Crippen LogP contribution in [-0.4, -0.2) is 57.5 Å². The summed E-state index contributed by atoms with van der Waals surface area (Å²) in [4.78, 5) is 33.8. The highest BCUT2D eigenvalue weighted by Crippen LogP contribution is 2.49. The van der Waals surface area contributed by atoms with Gasteiger partial charge in [0, 0.05) is 37.5 Å². The first kappa shape index (κ1) is 29.7.